The van der Waals surface area contributed by atoms with Crippen LogP contribution in [-0.4, -0.2) is 31.0 Å². The van der Waals surface area contributed by atoms with Crippen LogP contribution in [0, 0.1) is 0 Å². The molecule has 1 saturated heterocycles. The van der Waals surface area contributed by atoms with Gasteiger partial charge in [0.25, 0.3) is 0 Å². The molecule has 1 aliphatic heterocycles. The highest BCUT2D eigenvalue weighted by molar-refractivity contribution is 4.89. The largest absolute Gasteiger partial charge is 0.403 e. The van der Waals surface area contributed by atoms with Gasteiger partial charge in [0.05, 0.1) is 6.61 Å². The maximum atomic E-state index is 12.3. The van der Waals surface area contributed by atoms with Crippen LogP contribution in [0.3, 0.4) is 0 Å². The topological polar surface area (TPSA) is 21.3 Å². The first-order valence-corrected chi connectivity index (χ1v) is 4.76. The van der Waals surface area contributed by atoms with Crippen molar-refractivity contribution in [1.29, 1.82) is 0 Å². The van der Waals surface area contributed by atoms with E-state index in [2.05, 4.69) is 5.32 Å². The summed E-state index contributed by atoms with van der Waals surface area (Å²) in [6, 6.07) is -1.48. The van der Waals surface area contributed by atoms with Crippen molar-refractivity contribution in [2.75, 3.05) is 13.2 Å². The van der Waals surface area contributed by atoms with Gasteiger partial charge in [0.15, 0.2) is 0 Å². The molecule has 0 bridgehead atoms. The molecule has 5 heteroatoms. The summed E-state index contributed by atoms with van der Waals surface area (Å²) < 4.78 is 42.0. The van der Waals surface area contributed by atoms with Crippen molar-refractivity contribution in [1.82, 2.24) is 5.32 Å². The van der Waals surface area contributed by atoms with Crippen molar-refractivity contribution in [3.8, 4) is 0 Å². The molecule has 2 atom stereocenters. The maximum Gasteiger partial charge on any atom is 0.403 e. The van der Waals surface area contributed by atoms with E-state index in [1.807, 2.05) is 0 Å². The number of rotatable bonds is 2. The second kappa shape index (κ2) is 4.06. The molecule has 0 aliphatic carbocycles. The lowest BCUT2D eigenvalue weighted by molar-refractivity contribution is -0.159. The smallest absolute Gasteiger partial charge is 0.380 e. The van der Waals surface area contributed by atoms with E-state index in [1.54, 1.807) is 6.92 Å². The lowest BCUT2D eigenvalue weighted by Gasteiger charge is -2.37. The van der Waals surface area contributed by atoms with Crippen LogP contribution in [0.5, 0.6) is 0 Å². The Bertz CT molecular complexity index is 187. The molecule has 0 amide bonds. The highest BCUT2D eigenvalue weighted by atomic mass is 19.4. The van der Waals surface area contributed by atoms with E-state index in [4.69, 9.17) is 4.74 Å². The summed E-state index contributed by atoms with van der Waals surface area (Å²) in [7, 11) is 0. The van der Waals surface area contributed by atoms with Gasteiger partial charge in [-0.25, -0.2) is 0 Å². The van der Waals surface area contributed by atoms with Gasteiger partial charge in [-0.2, -0.15) is 13.2 Å². The standard InChI is InChI=1S/C9H16F3NO/c1-7(9(10,11)12)13-8(2)4-3-5-14-6-8/h7,13H,3-6H2,1-2H3. The van der Waals surface area contributed by atoms with Crippen LogP contribution in [0.1, 0.15) is 26.7 Å². The third kappa shape index (κ3) is 3.13. The minimum atomic E-state index is -4.18. The number of halogens is 3. The van der Waals surface area contributed by atoms with Crippen molar-refractivity contribution >= 4 is 0 Å². The van der Waals surface area contributed by atoms with E-state index in [-0.39, 0.29) is 0 Å². The highest BCUT2D eigenvalue weighted by Gasteiger charge is 2.40. The number of nitrogens with one attached hydrogen (secondary N) is 1. The fraction of sp³-hybridized carbons (Fsp3) is 1.00. The van der Waals surface area contributed by atoms with E-state index in [0.29, 0.717) is 13.2 Å². The van der Waals surface area contributed by atoms with Crippen LogP contribution in [-0.2, 0) is 4.74 Å². The SMILES string of the molecule is CC(NC1(C)CCCOC1)C(F)(F)F. The minimum absolute atomic E-state index is 0.355. The first-order valence-electron chi connectivity index (χ1n) is 4.76. The van der Waals surface area contributed by atoms with Crippen LogP contribution in [0.4, 0.5) is 13.2 Å². The summed E-state index contributed by atoms with van der Waals surface area (Å²) in [5.74, 6) is 0. The third-order valence-electron chi connectivity index (χ3n) is 2.49. The molecule has 1 N–H and O–H groups in total. The first kappa shape index (κ1) is 11.8. The van der Waals surface area contributed by atoms with Gasteiger partial charge >= 0.3 is 6.18 Å². The fourth-order valence-corrected chi connectivity index (χ4v) is 1.65. The molecule has 0 aromatic rings. The Hall–Kier alpha value is -0.290. The van der Waals surface area contributed by atoms with Crippen molar-refractivity contribution < 1.29 is 17.9 Å². The molecule has 0 spiro atoms. The van der Waals surface area contributed by atoms with Gasteiger partial charge in [-0.3, -0.25) is 5.32 Å². The zero-order valence-electron chi connectivity index (χ0n) is 8.45. The molecule has 14 heavy (non-hydrogen) atoms. The molecule has 1 heterocycles. The number of hydrogen-bond acceptors (Lipinski definition) is 2. The molecule has 0 aromatic carbocycles. The van der Waals surface area contributed by atoms with Gasteiger partial charge in [-0.1, -0.05) is 0 Å². The Labute approximate surface area is 81.8 Å². The zero-order valence-corrected chi connectivity index (χ0v) is 8.45. The Morgan fingerprint density at radius 2 is 2.07 bits per heavy atom. The molecular formula is C9H16F3NO. The average Bonchev–Trinajstić information content (AvgIpc) is 2.02. The van der Waals surface area contributed by atoms with Gasteiger partial charge in [0, 0.05) is 12.1 Å². The van der Waals surface area contributed by atoms with E-state index >= 15 is 0 Å². The van der Waals surface area contributed by atoms with Gasteiger partial charge in [0.2, 0.25) is 0 Å². The molecule has 0 aromatic heterocycles. The monoisotopic (exact) mass is 211 g/mol. The molecule has 2 nitrogen and oxygen atoms in total. The van der Waals surface area contributed by atoms with Gasteiger partial charge in [-0.15, -0.1) is 0 Å². The molecule has 84 valence electrons. The van der Waals surface area contributed by atoms with Gasteiger partial charge in [-0.05, 0) is 26.7 Å². The minimum Gasteiger partial charge on any atom is -0.380 e. The van der Waals surface area contributed by atoms with E-state index in [9.17, 15) is 13.2 Å². The number of alkyl halides is 3. The summed E-state index contributed by atoms with van der Waals surface area (Å²) in [5.41, 5.74) is -0.535. The Morgan fingerprint density at radius 3 is 2.50 bits per heavy atom. The predicted octanol–water partition coefficient (Wildman–Crippen LogP) is 2.10. The zero-order chi connectivity index (χ0) is 10.8. The molecule has 0 saturated carbocycles. The highest BCUT2D eigenvalue weighted by Crippen LogP contribution is 2.25. The lowest BCUT2D eigenvalue weighted by atomic mass is 9.94. The lowest BCUT2D eigenvalue weighted by Crippen LogP contribution is -2.56. The average molecular weight is 211 g/mol. The summed E-state index contributed by atoms with van der Waals surface area (Å²) in [6.07, 6.45) is -2.64. The summed E-state index contributed by atoms with van der Waals surface area (Å²) in [6.45, 7) is 3.92. The second-order valence-electron chi connectivity index (χ2n) is 4.12. The molecule has 2 unspecified atom stereocenters. The van der Waals surface area contributed by atoms with Crippen molar-refractivity contribution in [2.45, 2.75) is 44.4 Å². The summed E-state index contributed by atoms with van der Waals surface area (Å²) >= 11 is 0. The van der Waals surface area contributed by atoms with Crippen LogP contribution in [0.25, 0.3) is 0 Å². The van der Waals surface area contributed by atoms with Crippen LogP contribution in [0.2, 0.25) is 0 Å². The second-order valence-corrected chi connectivity index (χ2v) is 4.12. The van der Waals surface area contributed by atoms with Gasteiger partial charge < -0.3 is 4.74 Å². The first-order chi connectivity index (χ1) is 6.33. The Kier molecular flexibility index (Phi) is 3.42. The molecular weight excluding hydrogens is 195 g/mol. The maximum absolute atomic E-state index is 12.3. The fourth-order valence-electron chi connectivity index (χ4n) is 1.65. The summed E-state index contributed by atoms with van der Waals surface area (Å²) in [4.78, 5) is 0. The van der Waals surface area contributed by atoms with Crippen LogP contribution < -0.4 is 5.32 Å². The van der Waals surface area contributed by atoms with Crippen LogP contribution >= 0.6 is 0 Å². The van der Waals surface area contributed by atoms with E-state index in [0.717, 1.165) is 19.8 Å². The Morgan fingerprint density at radius 1 is 1.43 bits per heavy atom. The van der Waals surface area contributed by atoms with E-state index in [1.165, 1.54) is 0 Å². The molecule has 1 fully saturated rings. The normalized spacial score (nSPS) is 31.5. The number of hydrogen-bond donors (Lipinski definition) is 1. The summed E-state index contributed by atoms with van der Waals surface area (Å²) in [5, 5.41) is 2.59. The third-order valence-corrected chi connectivity index (χ3v) is 2.49. The quantitative estimate of drug-likeness (QED) is 0.755. The predicted molar refractivity (Wildman–Crippen MR) is 47.1 cm³/mol. The van der Waals surface area contributed by atoms with Crippen molar-refractivity contribution in [2.24, 2.45) is 0 Å². The van der Waals surface area contributed by atoms with E-state index < -0.39 is 17.8 Å². The molecule has 1 rings (SSSR count). The van der Waals surface area contributed by atoms with Crippen molar-refractivity contribution in [3.05, 3.63) is 0 Å². The number of ether oxygens (including phenoxy) is 1. The Balaban J connectivity index is 2.49. The van der Waals surface area contributed by atoms with Gasteiger partial charge in [0.1, 0.15) is 6.04 Å². The molecule has 1 aliphatic rings. The van der Waals surface area contributed by atoms with Crippen molar-refractivity contribution in [3.63, 3.8) is 0 Å². The molecule has 0 radical (unpaired) electrons. The van der Waals surface area contributed by atoms with Crippen LogP contribution in [0.15, 0.2) is 0 Å².